The molecule has 0 spiro atoms. The minimum absolute atomic E-state index is 0.0459. The maximum atomic E-state index is 6.03. The Bertz CT molecular complexity index is 397. The Kier molecular flexibility index (Phi) is 3.45. The molecule has 1 aliphatic carbocycles. The quantitative estimate of drug-likeness (QED) is 0.903. The first-order valence-corrected chi connectivity index (χ1v) is 6.04. The van der Waals surface area contributed by atoms with Gasteiger partial charge in [0.2, 0.25) is 0 Å². The molecule has 1 saturated carbocycles. The highest BCUT2D eigenvalue weighted by molar-refractivity contribution is 6.42. The van der Waals surface area contributed by atoms with E-state index in [2.05, 4.69) is 0 Å². The average molecular weight is 260 g/mol. The summed E-state index contributed by atoms with van der Waals surface area (Å²) in [5, 5.41) is 1.18. The van der Waals surface area contributed by atoms with Gasteiger partial charge in [0.25, 0.3) is 0 Å². The number of hydrogen-bond acceptors (Lipinski definition) is 2. The summed E-state index contributed by atoms with van der Waals surface area (Å²) in [5.41, 5.74) is 7.10. The van der Waals surface area contributed by atoms with Gasteiger partial charge in [-0.3, -0.25) is 0 Å². The third-order valence-electron chi connectivity index (χ3n) is 3.46. The lowest BCUT2D eigenvalue weighted by Crippen LogP contribution is -2.23. The molecular formula is C12H15Cl2NO. The number of halogens is 2. The van der Waals surface area contributed by atoms with Gasteiger partial charge in [-0.25, -0.2) is 0 Å². The first kappa shape index (κ1) is 12.2. The second-order valence-electron chi connectivity index (χ2n) is 4.35. The predicted octanol–water partition coefficient (Wildman–Crippen LogP) is 2.86. The molecule has 88 valence electrons. The topological polar surface area (TPSA) is 35.2 Å². The minimum Gasteiger partial charge on any atom is -0.384 e. The van der Waals surface area contributed by atoms with Crippen molar-refractivity contribution >= 4 is 23.2 Å². The Hall–Kier alpha value is -0.280. The third kappa shape index (κ3) is 1.95. The first-order chi connectivity index (χ1) is 7.64. The van der Waals surface area contributed by atoms with E-state index < -0.39 is 0 Å². The Morgan fingerprint density at radius 1 is 1.44 bits per heavy atom. The van der Waals surface area contributed by atoms with Crippen molar-refractivity contribution in [2.75, 3.05) is 20.3 Å². The molecule has 2 atom stereocenters. The van der Waals surface area contributed by atoms with Crippen molar-refractivity contribution in [1.82, 2.24) is 0 Å². The van der Waals surface area contributed by atoms with Crippen LogP contribution in [0.3, 0.4) is 0 Å². The smallest absolute Gasteiger partial charge is 0.0595 e. The fourth-order valence-electron chi connectivity index (χ4n) is 2.33. The van der Waals surface area contributed by atoms with E-state index in [-0.39, 0.29) is 5.41 Å². The van der Waals surface area contributed by atoms with Crippen LogP contribution < -0.4 is 5.73 Å². The number of hydrogen-bond donors (Lipinski definition) is 1. The Morgan fingerprint density at radius 3 is 2.75 bits per heavy atom. The van der Waals surface area contributed by atoms with E-state index in [0.29, 0.717) is 22.5 Å². The number of nitrogens with two attached hydrogens (primary N) is 1. The lowest BCUT2D eigenvalue weighted by atomic mass is 9.93. The van der Waals surface area contributed by atoms with Gasteiger partial charge in [0.05, 0.1) is 10.0 Å². The lowest BCUT2D eigenvalue weighted by molar-refractivity contribution is 0.178. The molecule has 1 aliphatic rings. The van der Waals surface area contributed by atoms with E-state index in [9.17, 15) is 0 Å². The van der Waals surface area contributed by atoms with E-state index >= 15 is 0 Å². The fraction of sp³-hybridized carbons (Fsp3) is 0.500. The van der Waals surface area contributed by atoms with Gasteiger partial charge in [0.1, 0.15) is 0 Å². The Morgan fingerprint density at radius 2 is 2.19 bits per heavy atom. The average Bonchev–Trinajstić information content (AvgIpc) is 2.98. The molecule has 2 N–H and O–H groups in total. The van der Waals surface area contributed by atoms with Crippen molar-refractivity contribution in [1.29, 1.82) is 0 Å². The molecule has 0 aliphatic heterocycles. The monoisotopic (exact) mass is 259 g/mol. The van der Waals surface area contributed by atoms with E-state index in [1.165, 1.54) is 5.56 Å². The molecule has 1 aromatic carbocycles. The molecule has 4 heteroatoms. The van der Waals surface area contributed by atoms with Crippen molar-refractivity contribution in [3.63, 3.8) is 0 Å². The third-order valence-corrected chi connectivity index (χ3v) is 4.20. The van der Waals surface area contributed by atoms with Gasteiger partial charge in [0, 0.05) is 25.7 Å². The maximum Gasteiger partial charge on any atom is 0.0595 e. The number of ether oxygens (including phenoxy) is 1. The first-order valence-electron chi connectivity index (χ1n) is 5.28. The zero-order valence-corrected chi connectivity index (χ0v) is 10.7. The summed E-state index contributed by atoms with van der Waals surface area (Å²) in [6, 6.07) is 5.77. The Labute approximate surface area is 106 Å². The van der Waals surface area contributed by atoms with E-state index in [0.717, 1.165) is 13.0 Å². The molecule has 2 rings (SSSR count). The van der Waals surface area contributed by atoms with Gasteiger partial charge in [-0.15, -0.1) is 0 Å². The second kappa shape index (κ2) is 4.53. The largest absolute Gasteiger partial charge is 0.384 e. The van der Waals surface area contributed by atoms with Crippen LogP contribution in [0.1, 0.15) is 12.0 Å². The van der Waals surface area contributed by atoms with E-state index in [1.807, 2.05) is 18.2 Å². The van der Waals surface area contributed by atoms with Crippen LogP contribution in [0.25, 0.3) is 0 Å². The van der Waals surface area contributed by atoms with Crippen LogP contribution in [0.5, 0.6) is 0 Å². The molecule has 0 amide bonds. The summed E-state index contributed by atoms with van der Waals surface area (Å²) < 4.78 is 5.18. The molecule has 0 radical (unpaired) electrons. The van der Waals surface area contributed by atoms with Crippen LogP contribution in [-0.4, -0.2) is 20.3 Å². The zero-order valence-electron chi connectivity index (χ0n) is 9.17. The summed E-state index contributed by atoms with van der Waals surface area (Å²) in [7, 11) is 1.72. The van der Waals surface area contributed by atoms with Crippen LogP contribution in [0.15, 0.2) is 18.2 Å². The summed E-state index contributed by atoms with van der Waals surface area (Å²) in [4.78, 5) is 0. The molecule has 1 fully saturated rings. The molecule has 2 nitrogen and oxygen atoms in total. The van der Waals surface area contributed by atoms with Crippen LogP contribution in [0.4, 0.5) is 0 Å². The van der Waals surface area contributed by atoms with Gasteiger partial charge >= 0.3 is 0 Å². The minimum atomic E-state index is 0.0459. The fourth-order valence-corrected chi connectivity index (χ4v) is 2.63. The van der Waals surface area contributed by atoms with Crippen LogP contribution in [0.2, 0.25) is 10.0 Å². The van der Waals surface area contributed by atoms with Crippen LogP contribution in [-0.2, 0) is 10.2 Å². The van der Waals surface area contributed by atoms with Crippen molar-refractivity contribution < 1.29 is 4.74 Å². The maximum absolute atomic E-state index is 6.03. The molecule has 0 bridgehead atoms. The summed E-state index contributed by atoms with van der Waals surface area (Å²) in [5.74, 6) is 0.500. The molecule has 0 saturated heterocycles. The van der Waals surface area contributed by atoms with Gasteiger partial charge in [-0.05, 0) is 30.0 Å². The number of benzene rings is 1. The highest BCUT2D eigenvalue weighted by Crippen LogP contribution is 2.54. The van der Waals surface area contributed by atoms with Gasteiger partial charge in [-0.1, -0.05) is 29.3 Å². The molecule has 0 aromatic heterocycles. The highest BCUT2D eigenvalue weighted by atomic mass is 35.5. The zero-order chi connectivity index (χ0) is 11.8. The number of rotatable bonds is 4. The molecule has 16 heavy (non-hydrogen) atoms. The predicted molar refractivity (Wildman–Crippen MR) is 67.2 cm³/mol. The SMILES string of the molecule is COC[C@H]1C[C@@]1(CN)c1ccc(Cl)c(Cl)c1. The van der Waals surface area contributed by atoms with E-state index in [1.54, 1.807) is 7.11 Å². The van der Waals surface area contributed by atoms with Gasteiger partial charge in [0.15, 0.2) is 0 Å². The van der Waals surface area contributed by atoms with E-state index in [4.69, 9.17) is 33.7 Å². The normalized spacial score (nSPS) is 28.1. The second-order valence-corrected chi connectivity index (χ2v) is 5.16. The number of methoxy groups -OCH3 is 1. The molecule has 1 aromatic rings. The summed E-state index contributed by atoms with van der Waals surface area (Å²) >= 11 is 11.9. The van der Waals surface area contributed by atoms with Crippen LogP contribution >= 0.6 is 23.2 Å². The van der Waals surface area contributed by atoms with Crippen molar-refractivity contribution in [3.05, 3.63) is 33.8 Å². The van der Waals surface area contributed by atoms with Gasteiger partial charge < -0.3 is 10.5 Å². The summed E-state index contributed by atoms with van der Waals surface area (Å²) in [6.07, 6.45) is 1.06. The van der Waals surface area contributed by atoms with Gasteiger partial charge in [-0.2, -0.15) is 0 Å². The van der Waals surface area contributed by atoms with Crippen molar-refractivity contribution in [3.8, 4) is 0 Å². The summed E-state index contributed by atoms with van der Waals surface area (Å²) in [6.45, 7) is 1.37. The van der Waals surface area contributed by atoms with Crippen LogP contribution in [0, 0.1) is 5.92 Å². The highest BCUT2D eigenvalue weighted by Gasteiger charge is 2.54. The molecule has 0 heterocycles. The lowest BCUT2D eigenvalue weighted by Gasteiger charge is -2.16. The Balaban J connectivity index is 2.26. The van der Waals surface area contributed by atoms with Crippen molar-refractivity contribution in [2.24, 2.45) is 11.7 Å². The van der Waals surface area contributed by atoms with Crippen molar-refractivity contribution in [2.45, 2.75) is 11.8 Å². The standard InChI is InChI=1S/C12H15Cl2NO/c1-16-6-9-5-12(9,7-15)8-2-3-10(13)11(14)4-8/h2-4,9H,5-7,15H2,1H3/t9-,12-/m1/s1. The molecule has 0 unspecified atom stereocenters. The molecular weight excluding hydrogens is 245 g/mol.